The fraction of sp³-hybridized carbons (Fsp3) is 0.955. The first kappa shape index (κ1) is 50.9. The maximum atomic E-state index is 14.4. The van der Waals surface area contributed by atoms with E-state index in [-0.39, 0.29) is 37.3 Å². The van der Waals surface area contributed by atoms with Gasteiger partial charge in [0.25, 0.3) is 0 Å². The Morgan fingerprint density at radius 3 is 2.18 bits per heavy atom. The van der Waals surface area contributed by atoms with E-state index in [1.54, 1.807) is 55.5 Å². The molecule has 0 aromatic rings. The minimum atomic E-state index is -1.83. The molecule has 4 aliphatic rings. The van der Waals surface area contributed by atoms with E-state index in [2.05, 4.69) is 5.32 Å². The number of rotatable bonds is 8. The van der Waals surface area contributed by atoms with Gasteiger partial charge in [-0.05, 0) is 93.5 Å². The highest BCUT2D eigenvalue weighted by Gasteiger charge is 2.53. The molecule has 6 N–H and O–H groups in total. The number of nitrogens with one attached hydrogen (secondary N) is 1. The number of aliphatic hydroxyl groups is 5. The number of hydrogen-bond acceptors (Lipinski definition) is 14. The molecule has 3 aliphatic heterocycles. The Balaban J connectivity index is 1.77. The van der Waals surface area contributed by atoms with Crippen LogP contribution in [0.25, 0.3) is 0 Å². The molecular weight excluding hydrogens is 778 g/mol. The molecule has 350 valence electrons. The molecule has 0 aromatic carbocycles. The van der Waals surface area contributed by atoms with Gasteiger partial charge in [-0.1, -0.05) is 40.0 Å². The number of hydrogen-bond donors (Lipinski definition) is 6. The van der Waals surface area contributed by atoms with E-state index in [1.165, 1.54) is 18.9 Å². The number of nitrogens with zero attached hydrogens (tertiary/aromatic N) is 2. The summed E-state index contributed by atoms with van der Waals surface area (Å²) in [6.45, 7) is 17.8. The van der Waals surface area contributed by atoms with Crippen LogP contribution in [0.3, 0.4) is 0 Å². The summed E-state index contributed by atoms with van der Waals surface area (Å²) in [5, 5.41) is 62.2. The Kier molecular flexibility index (Phi) is 17.7. The normalized spacial score (nSPS) is 46.2. The monoisotopic (exact) mass is 860 g/mol. The summed E-state index contributed by atoms with van der Waals surface area (Å²) in [6.07, 6.45) is -4.48. The van der Waals surface area contributed by atoms with Gasteiger partial charge in [0.1, 0.15) is 30.0 Å². The number of likely N-dealkylation sites (N-methyl/N-ethyl adjacent to an activating group) is 2. The van der Waals surface area contributed by atoms with Crippen molar-refractivity contribution in [2.45, 2.75) is 223 Å². The van der Waals surface area contributed by atoms with Crippen molar-refractivity contribution in [2.24, 2.45) is 17.8 Å². The van der Waals surface area contributed by atoms with Crippen molar-refractivity contribution in [3.63, 3.8) is 0 Å². The lowest BCUT2D eigenvalue weighted by Crippen LogP contribution is -2.62. The van der Waals surface area contributed by atoms with Crippen molar-refractivity contribution in [2.75, 3.05) is 27.7 Å². The maximum Gasteiger partial charge on any atom is 0.317 e. The van der Waals surface area contributed by atoms with Gasteiger partial charge in [-0.2, -0.15) is 0 Å². The Labute approximate surface area is 358 Å². The second-order valence-corrected chi connectivity index (χ2v) is 19.6. The quantitative estimate of drug-likeness (QED) is 0.194. The fourth-order valence-electron chi connectivity index (χ4n) is 10.3. The van der Waals surface area contributed by atoms with Crippen LogP contribution in [-0.4, -0.2) is 171 Å². The Hall–Kier alpha value is -1.70. The summed E-state index contributed by atoms with van der Waals surface area (Å²) in [6, 6.07) is -1.47. The predicted octanol–water partition coefficient (Wildman–Crippen LogP) is 3.31. The first-order valence-electron chi connectivity index (χ1n) is 22.5. The molecule has 60 heavy (non-hydrogen) atoms. The smallest absolute Gasteiger partial charge is 0.317 e. The van der Waals surface area contributed by atoms with E-state index in [0.29, 0.717) is 13.0 Å². The van der Waals surface area contributed by atoms with Crippen LogP contribution in [-0.2, 0) is 33.2 Å². The van der Waals surface area contributed by atoms with E-state index in [9.17, 15) is 35.1 Å². The summed E-state index contributed by atoms with van der Waals surface area (Å²) in [4.78, 5) is 31.3. The summed E-state index contributed by atoms with van der Waals surface area (Å²) in [7, 11) is 4.99. The lowest BCUT2D eigenvalue weighted by molar-refractivity contribution is -0.317. The SMILES string of the molecule is CC[C@H]1OC(=O)[C@H](C)[C@@H](O[C@H]2C[C@@](C)(OC)[C@@H](O)[C@H](C)O2)[C@H](C)[C@@H](O[C@@H]2O[C@H](C)C[C@H](N(C)C(=O)NC3CCCCC3)[C@H]2O)[C@](C)(O)C[C@@H](C)CN(C)[C@H](C)[C@@H](O)[C@]1(C)O. The fourth-order valence-corrected chi connectivity index (χ4v) is 10.3. The Morgan fingerprint density at radius 1 is 0.950 bits per heavy atom. The zero-order chi connectivity index (χ0) is 45.1. The number of urea groups is 1. The first-order valence-corrected chi connectivity index (χ1v) is 22.5. The van der Waals surface area contributed by atoms with Gasteiger partial charge in [-0.3, -0.25) is 4.79 Å². The van der Waals surface area contributed by atoms with Crippen LogP contribution in [0, 0.1) is 17.8 Å². The molecule has 3 heterocycles. The van der Waals surface area contributed by atoms with Crippen LogP contribution in [0.15, 0.2) is 0 Å². The van der Waals surface area contributed by atoms with Gasteiger partial charge in [0.2, 0.25) is 0 Å². The van der Waals surface area contributed by atoms with E-state index < -0.39 is 108 Å². The van der Waals surface area contributed by atoms with Crippen molar-refractivity contribution < 1.29 is 63.5 Å². The number of methoxy groups -OCH3 is 1. The second kappa shape index (κ2) is 20.9. The molecule has 0 aromatic heterocycles. The zero-order valence-corrected chi connectivity index (χ0v) is 38.7. The average Bonchev–Trinajstić information content (AvgIpc) is 3.19. The molecule has 16 heteroatoms. The van der Waals surface area contributed by atoms with Crippen LogP contribution in [0.4, 0.5) is 4.79 Å². The number of amides is 2. The van der Waals surface area contributed by atoms with E-state index in [1.807, 2.05) is 25.8 Å². The van der Waals surface area contributed by atoms with E-state index in [0.717, 1.165) is 32.1 Å². The molecule has 3 saturated heterocycles. The molecule has 0 unspecified atom stereocenters. The standard InChI is InChI=1S/C44H81N3O13/c1-14-32-44(10,54)36(49)28(6)46(11)23-24(2)21-42(8,53)38(26(4)35(27(5)39(51)58-32)59-33-22-43(9,55-13)37(50)29(7)57-33)60-40-34(48)31(20-25(3)56-40)47(12)41(52)45-30-18-16-15-17-19-30/h24-38,40,48-50,53-54H,14-23H2,1-13H3,(H,45,52)/t24-,25-,26+,27-,28-,29+,31+,32-,33+,34-,35+,36-,37+,38-,40+,42-,43-,44-/m1/s1. The van der Waals surface area contributed by atoms with Gasteiger partial charge < -0.3 is 69.1 Å². The van der Waals surface area contributed by atoms with Crippen LogP contribution < -0.4 is 5.32 Å². The molecule has 18 atom stereocenters. The lowest BCUT2D eigenvalue weighted by Gasteiger charge is -2.49. The van der Waals surface area contributed by atoms with Crippen LogP contribution in [0.5, 0.6) is 0 Å². The van der Waals surface area contributed by atoms with Crippen molar-refractivity contribution in [3.8, 4) is 0 Å². The summed E-state index contributed by atoms with van der Waals surface area (Å²) >= 11 is 0. The molecular formula is C44H81N3O13. The summed E-state index contributed by atoms with van der Waals surface area (Å²) in [5.74, 6) is -2.82. The van der Waals surface area contributed by atoms with Crippen molar-refractivity contribution in [1.82, 2.24) is 15.1 Å². The third-order valence-corrected chi connectivity index (χ3v) is 14.3. The van der Waals surface area contributed by atoms with Gasteiger partial charge in [0, 0.05) is 45.1 Å². The van der Waals surface area contributed by atoms with Crippen molar-refractivity contribution in [3.05, 3.63) is 0 Å². The van der Waals surface area contributed by atoms with E-state index in [4.69, 9.17) is 28.4 Å². The molecule has 1 aliphatic carbocycles. The number of aliphatic hydroxyl groups excluding tert-OH is 3. The summed E-state index contributed by atoms with van der Waals surface area (Å²) < 4.78 is 37.9. The van der Waals surface area contributed by atoms with Crippen LogP contribution >= 0.6 is 0 Å². The first-order chi connectivity index (χ1) is 27.9. The van der Waals surface area contributed by atoms with Crippen molar-refractivity contribution >= 4 is 12.0 Å². The molecule has 0 bridgehead atoms. The lowest BCUT2D eigenvalue weighted by atomic mass is 9.77. The Bertz CT molecular complexity index is 1380. The molecule has 0 radical (unpaired) electrons. The third-order valence-electron chi connectivity index (χ3n) is 14.3. The maximum absolute atomic E-state index is 14.4. The molecule has 0 spiro atoms. The van der Waals surface area contributed by atoms with Gasteiger partial charge in [0.15, 0.2) is 12.6 Å². The number of esters is 1. The zero-order valence-electron chi connectivity index (χ0n) is 38.7. The number of cyclic esters (lactones) is 1. The van der Waals surface area contributed by atoms with Gasteiger partial charge in [-0.25, -0.2) is 4.79 Å². The van der Waals surface area contributed by atoms with Crippen molar-refractivity contribution in [1.29, 1.82) is 0 Å². The van der Waals surface area contributed by atoms with Gasteiger partial charge in [0.05, 0.1) is 47.6 Å². The minimum Gasteiger partial charge on any atom is -0.459 e. The van der Waals surface area contributed by atoms with Crippen LogP contribution in [0.2, 0.25) is 0 Å². The Morgan fingerprint density at radius 2 is 1.58 bits per heavy atom. The molecule has 2 amide bonds. The minimum absolute atomic E-state index is 0.0675. The average molecular weight is 860 g/mol. The molecule has 4 rings (SSSR count). The van der Waals surface area contributed by atoms with Gasteiger partial charge >= 0.3 is 12.0 Å². The highest BCUT2D eigenvalue weighted by molar-refractivity contribution is 5.74. The van der Waals surface area contributed by atoms with Crippen LogP contribution in [0.1, 0.15) is 127 Å². The number of ether oxygens (including phenoxy) is 6. The molecule has 4 fully saturated rings. The number of carbonyl (C=O) groups is 2. The highest BCUT2D eigenvalue weighted by Crippen LogP contribution is 2.40. The molecule has 16 nitrogen and oxygen atoms in total. The highest BCUT2D eigenvalue weighted by atomic mass is 16.7. The predicted molar refractivity (Wildman–Crippen MR) is 224 cm³/mol. The molecule has 1 saturated carbocycles. The van der Waals surface area contributed by atoms with Gasteiger partial charge in [-0.15, -0.1) is 0 Å². The third kappa shape index (κ3) is 11.7. The topological polar surface area (TPSA) is 209 Å². The second-order valence-electron chi connectivity index (χ2n) is 19.6. The summed E-state index contributed by atoms with van der Waals surface area (Å²) in [5.41, 5.74) is -4.54. The number of carbonyl (C=O) groups excluding carboxylic acids is 2. The van der Waals surface area contributed by atoms with E-state index >= 15 is 0 Å². The largest absolute Gasteiger partial charge is 0.459 e.